The summed E-state index contributed by atoms with van der Waals surface area (Å²) in [5.41, 5.74) is 1.73. The Morgan fingerprint density at radius 3 is 2.88 bits per heavy atom. The van der Waals surface area contributed by atoms with Crippen LogP contribution in [0, 0.1) is 0 Å². The lowest BCUT2D eigenvalue weighted by Crippen LogP contribution is -2.44. The van der Waals surface area contributed by atoms with E-state index in [0.29, 0.717) is 41.8 Å². The molecule has 0 aromatic carbocycles. The maximum absolute atomic E-state index is 12.0. The first-order chi connectivity index (χ1) is 15.1. The van der Waals surface area contributed by atoms with Crippen LogP contribution in [0.3, 0.4) is 0 Å². The Bertz CT molecular complexity index is 1210. The summed E-state index contributed by atoms with van der Waals surface area (Å²) >= 11 is 0. The summed E-state index contributed by atoms with van der Waals surface area (Å²) in [6, 6.07) is 1.72. The Morgan fingerprint density at radius 1 is 1.31 bits per heavy atom. The molecule has 1 saturated heterocycles. The van der Waals surface area contributed by atoms with Crippen LogP contribution < -0.4 is 10.6 Å². The zero-order valence-corrected chi connectivity index (χ0v) is 19.1. The second kappa shape index (κ2) is 8.60. The summed E-state index contributed by atoms with van der Waals surface area (Å²) in [6.07, 6.45) is 7.87. The highest BCUT2D eigenvalue weighted by Crippen LogP contribution is 2.28. The lowest BCUT2D eigenvalue weighted by Gasteiger charge is -2.32. The number of aromatic nitrogens is 5. The Balaban J connectivity index is 0.00000306. The van der Waals surface area contributed by atoms with Gasteiger partial charge in [-0.15, -0.1) is 0 Å². The highest BCUT2D eigenvalue weighted by Gasteiger charge is 2.27. The van der Waals surface area contributed by atoms with Crippen molar-refractivity contribution in [1.29, 1.82) is 0 Å². The summed E-state index contributed by atoms with van der Waals surface area (Å²) in [5, 5.41) is 16.4. The lowest BCUT2D eigenvalue weighted by atomic mass is 10.1. The molecule has 0 radical (unpaired) electrons. The minimum Gasteiger partial charge on any atom is -0.389 e. The van der Waals surface area contributed by atoms with Crippen molar-refractivity contribution >= 4 is 33.0 Å². The van der Waals surface area contributed by atoms with Crippen molar-refractivity contribution in [3.63, 3.8) is 0 Å². The van der Waals surface area contributed by atoms with Gasteiger partial charge in [-0.25, -0.2) is 27.7 Å². The van der Waals surface area contributed by atoms with E-state index in [1.54, 1.807) is 32.4 Å². The Labute approximate surface area is 188 Å². The van der Waals surface area contributed by atoms with Crippen LogP contribution in [0.5, 0.6) is 0 Å². The average molecular weight is 463 g/mol. The highest BCUT2D eigenvalue weighted by atomic mass is 32.2. The van der Waals surface area contributed by atoms with Crippen molar-refractivity contribution in [2.24, 2.45) is 0 Å². The number of piperidine rings is 1. The van der Waals surface area contributed by atoms with Crippen LogP contribution in [0.4, 0.5) is 11.8 Å². The van der Waals surface area contributed by atoms with Crippen molar-refractivity contribution in [2.45, 2.75) is 38.3 Å². The summed E-state index contributed by atoms with van der Waals surface area (Å²) in [5.74, 6) is 0.882. The molecule has 1 aliphatic rings. The van der Waals surface area contributed by atoms with Gasteiger partial charge in [-0.05, 0) is 32.8 Å². The normalized spacial score (nSPS) is 18.1. The van der Waals surface area contributed by atoms with Crippen molar-refractivity contribution in [3.05, 3.63) is 24.7 Å². The number of anilines is 2. The number of H-pyrrole nitrogens is 1. The Hall–Kier alpha value is -2.83. The maximum Gasteiger partial charge on any atom is 0.224 e. The maximum atomic E-state index is 12.0. The summed E-state index contributed by atoms with van der Waals surface area (Å²) in [6.45, 7) is 4.53. The van der Waals surface area contributed by atoms with Gasteiger partial charge in [0.1, 0.15) is 11.3 Å². The predicted molar refractivity (Wildman–Crippen MR) is 125 cm³/mol. The molecule has 0 saturated carbocycles. The second-order valence-electron chi connectivity index (χ2n) is 8.69. The van der Waals surface area contributed by atoms with Crippen molar-refractivity contribution < 1.29 is 15.0 Å². The Morgan fingerprint density at radius 2 is 2.12 bits per heavy atom. The van der Waals surface area contributed by atoms with Gasteiger partial charge in [0.2, 0.25) is 16.0 Å². The van der Waals surface area contributed by atoms with Gasteiger partial charge in [0.25, 0.3) is 0 Å². The van der Waals surface area contributed by atoms with Gasteiger partial charge in [-0.2, -0.15) is 4.98 Å². The van der Waals surface area contributed by atoms with Crippen LogP contribution in [0.15, 0.2) is 24.7 Å². The van der Waals surface area contributed by atoms with Gasteiger partial charge in [0, 0.05) is 39.5 Å². The lowest BCUT2D eigenvalue weighted by molar-refractivity contribution is 0.0943. The summed E-state index contributed by atoms with van der Waals surface area (Å²) in [7, 11) is -3.27. The van der Waals surface area contributed by atoms with Crippen LogP contribution in [-0.2, 0) is 10.0 Å². The third kappa shape index (κ3) is 5.31. The van der Waals surface area contributed by atoms with E-state index < -0.39 is 15.6 Å². The molecule has 1 fully saturated rings. The van der Waals surface area contributed by atoms with E-state index in [1.807, 2.05) is 6.07 Å². The molecule has 0 unspecified atom stereocenters. The first kappa shape index (κ1) is 22.4. The summed E-state index contributed by atoms with van der Waals surface area (Å²) in [4.78, 5) is 21.1. The number of rotatable bonds is 7. The molecule has 1 aliphatic heterocycles. The molecule has 4 heterocycles. The topological polar surface area (TPSA) is 149 Å². The average Bonchev–Trinajstić information content (AvgIpc) is 3.19. The number of aliphatic hydroxyl groups is 1. The van der Waals surface area contributed by atoms with E-state index in [2.05, 4.69) is 35.6 Å². The van der Waals surface area contributed by atoms with E-state index in [-0.39, 0.29) is 14.0 Å². The van der Waals surface area contributed by atoms with Crippen LogP contribution in [-0.4, -0.2) is 80.3 Å². The van der Waals surface area contributed by atoms with Crippen molar-refractivity contribution in [1.82, 2.24) is 29.2 Å². The van der Waals surface area contributed by atoms with Gasteiger partial charge < -0.3 is 20.7 Å². The molecule has 0 aliphatic carbocycles. The molecule has 4 rings (SSSR count). The molecule has 3 aromatic heterocycles. The third-order valence-electron chi connectivity index (χ3n) is 5.20. The quantitative estimate of drug-likeness (QED) is 0.411. The van der Waals surface area contributed by atoms with Gasteiger partial charge in [0.05, 0.1) is 29.3 Å². The number of hydrogen-bond donors (Lipinski definition) is 4. The van der Waals surface area contributed by atoms with Crippen molar-refractivity contribution in [3.8, 4) is 11.3 Å². The second-order valence-corrected chi connectivity index (χ2v) is 10.7. The molecule has 1 atom stereocenters. The standard InChI is InChI=1S/C20H28N8O3S.H2/c1-20(2,29)12-24-19-23-9-14(16-10-22-18-15(26-16)6-7-21-18)17(27-19)25-13-5-4-8-28(11-13)32(3,30)31;/h6-7,9-10,13,29H,4-5,8,11-12H2,1-3H3,(H,21,22)(H2,23,24,25,27);1H/t13-;/m0./s1. The van der Waals surface area contributed by atoms with E-state index in [9.17, 15) is 13.5 Å². The number of aromatic amines is 1. The number of sulfonamides is 1. The largest absolute Gasteiger partial charge is 0.389 e. The minimum atomic E-state index is -3.27. The molecule has 0 bridgehead atoms. The molecule has 32 heavy (non-hydrogen) atoms. The first-order valence-electron chi connectivity index (χ1n) is 10.4. The number of nitrogens with zero attached hydrogens (tertiary/aromatic N) is 5. The SMILES string of the molecule is CC(C)(O)CNc1ncc(-c2cnc3[nH]ccc3n2)c(N[C@H]2CCCN(S(C)(=O)=O)C2)n1.[HH]. The van der Waals surface area contributed by atoms with Gasteiger partial charge in [-0.1, -0.05) is 0 Å². The van der Waals surface area contributed by atoms with Gasteiger partial charge in [-0.3, -0.25) is 0 Å². The molecule has 4 N–H and O–H groups in total. The van der Waals surface area contributed by atoms with E-state index in [4.69, 9.17) is 0 Å². The number of hydrogen-bond acceptors (Lipinski definition) is 9. The van der Waals surface area contributed by atoms with E-state index in [1.165, 1.54) is 10.6 Å². The molecule has 0 amide bonds. The molecular formula is C20H30N8O3S. The molecule has 12 heteroatoms. The molecular weight excluding hydrogens is 432 g/mol. The van der Waals surface area contributed by atoms with Gasteiger partial charge >= 0.3 is 0 Å². The van der Waals surface area contributed by atoms with E-state index in [0.717, 1.165) is 18.4 Å². The van der Waals surface area contributed by atoms with Crippen LogP contribution in [0.25, 0.3) is 22.4 Å². The zero-order valence-electron chi connectivity index (χ0n) is 18.3. The monoisotopic (exact) mass is 462 g/mol. The molecule has 0 spiro atoms. The molecule has 11 nitrogen and oxygen atoms in total. The molecule has 3 aromatic rings. The van der Waals surface area contributed by atoms with E-state index >= 15 is 0 Å². The Kier molecular flexibility index (Phi) is 6.01. The summed E-state index contributed by atoms with van der Waals surface area (Å²) < 4.78 is 25.5. The van der Waals surface area contributed by atoms with Gasteiger partial charge in [0.15, 0.2) is 5.65 Å². The smallest absolute Gasteiger partial charge is 0.224 e. The zero-order chi connectivity index (χ0) is 22.9. The van der Waals surface area contributed by atoms with Crippen molar-refractivity contribution in [2.75, 3.05) is 36.5 Å². The first-order valence-corrected chi connectivity index (χ1v) is 12.3. The third-order valence-corrected chi connectivity index (χ3v) is 6.47. The fraction of sp³-hybridized carbons (Fsp3) is 0.500. The predicted octanol–water partition coefficient (Wildman–Crippen LogP) is 1.68. The number of fused-ring (bicyclic) bond motifs is 1. The fourth-order valence-corrected chi connectivity index (χ4v) is 4.49. The van der Waals surface area contributed by atoms with Crippen LogP contribution >= 0.6 is 0 Å². The highest BCUT2D eigenvalue weighted by molar-refractivity contribution is 7.88. The molecule has 174 valence electrons. The fourth-order valence-electron chi connectivity index (χ4n) is 3.57. The van der Waals surface area contributed by atoms with Crippen LogP contribution in [0.2, 0.25) is 0 Å². The number of nitrogens with one attached hydrogen (secondary N) is 3. The minimum absolute atomic E-state index is 0. The van der Waals surface area contributed by atoms with Crippen LogP contribution in [0.1, 0.15) is 28.1 Å².